The van der Waals surface area contributed by atoms with E-state index in [9.17, 15) is 9.00 Å². The van der Waals surface area contributed by atoms with Gasteiger partial charge in [-0.25, -0.2) is 9.97 Å². The van der Waals surface area contributed by atoms with E-state index in [1.54, 1.807) is 24.7 Å². The Bertz CT molecular complexity index is 1680. The lowest BCUT2D eigenvalue weighted by Gasteiger charge is -2.20. The van der Waals surface area contributed by atoms with Gasteiger partial charge in [-0.2, -0.15) is 0 Å². The molecule has 10 heteroatoms. The maximum Gasteiger partial charge on any atom is 0.251 e. The van der Waals surface area contributed by atoms with Crippen LogP contribution in [0, 0.1) is 0 Å². The standard InChI is InChI=1S/C38H47N5O4S/c1-4-6-20-46-21-22-47-35-13-9-30(10-14-35)32-24-31(37(40-25-32)42-18-7-8-19-42)23-29(3)38(44)41-33-11-15-36(16-12-33)48(45)27-34-26-39-28-43(34)17-5-2/h9-16,23-26,28H,4-8,17-22,27H2,1-3H3,(H,41,44)/b29-23+. The average Bonchev–Trinajstić information content (AvgIpc) is 3.80. The van der Waals surface area contributed by atoms with Crippen LogP contribution in [0.1, 0.15) is 64.1 Å². The highest BCUT2D eigenvalue weighted by molar-refractivity contribution is 7.84. The Morgan fingerprint density at radius 3 is 2.46 bits per heavy atom. The molecule has 0 aliphatic carbocycles. The van der Waals surface area contributed by atoms with Gasteiger partial charge in [0.2, 0.25) is 0 Å². The number of aromatic nitrogens is 3. The molecule has 0 bridgehead atoms. The van der Waals surface area contributed by atoms with Crippen molar-refractivity contribution in [1.29, 1.82) is 0 Å². The van der Waals surface area contributed by atoms with E-state index in [1.807, 2.05) is 60.2 Å². The number of hydrogen-bond acceptors (Lipinski definition) is 7. The molecule has 3 heterocycles. The van der Waals surface area contributed by atoms with E-state index in [1.165, 1.54) is 0 Å². The molecule has 0 spiro atoms. The number of benzene rings is 2. The molecule has 0 saturated carbocycles. The van der Waals surface area contributed by atoms with Crippen molar-refractivity contribution in [2.24, 2.45) is 0 Å². The molecule has 1 unspecified atom stereocenters. The van der Waals surface area contributed by atoms with E-state index in [0.717, 1.165) is 92.3 Å². The minimum atomic E-state index is -1.22. The van der Waals surface area contributed by atoms with Gasteiger partial charge < -0.3 is 24.3 Å². The third kappa shape index (κ3) is 9.64. The number of amides is 1. The minimum absolute atomic E-state index is 0.203. The van der Waals surface area contributed by atoms with Crippen molar-refractivity contribution in [1.82, 2.24) is 14.5 Å². The number of nitrogens with zero attached hydrogens (tertiary/aromatic N) is 4. The number of unbranched alkanes of at least 4 members (excludes halogenated alkanes) is 1. The lowest BCUT2D eigenvalue weighted by atomic mass is 10.0. The molecule has 1 aliphatic rings. The summed E-state index contributed by atoms with van der Waals surface area (Å²) in [5.41, 5.74) is 5.05. The first-order valence-electron chi connectivity index (χ1n) is 17.0. The summed E-state index contributed by atoms with van der Waals surface area (Å²) >= 11 is 0. The van der Waals surface area contributed by atoms with Crippen LogP contribution in [-0.4, -0.2) is 57.6 Å². The summed E-state index contributed by atoms with van der Waals surface area (Å²) in [5.74, 6) is 1.88. The quantitative estimate of drug-likeness (QED) is 0.0919. The van der Waals surface area contributed by atoms with Crippen LogP contribution in [0.3, 0.4) is 0 Å². The Balaban J connectivity index is 1.25. The molecule has 5 rings (SSSR count). The van der Waals surface area contributed by atoms with Crippen LogP contribution in [0.4, 0.5) is 11.5 Å². The Morgan fingerprint density at radius 1 is 0.958 bits per heavy atom. The number of anilines is 2. The van der Waals surface area contributed by atoms with Crippen molar-refractivity contribution >= 4 is 34.3 Å². The van der Waals surface area contributed by atoms with E-state index in [0.29, 0.717) is 35.1 Å². The molecule has 2 aromatic carbocycles. The number of nitrogens with one attached hydrogen (secondary N) is 1. The summed E-state index contributed by atoms with van der Waals surface area (Å²) in [5, 5.41) is 2.99. The van der Waals surface area contributed by atoms with Crippen LogP contribution in [0.2, 0.25) is 0 Å². The SMILES string of the molecule is CCCCOCCOc1ccc(-c2cnc(N3CCCC3)c(/C=C(\C)C(=O)Nc3ccc(S(=O)Cc4cncn4CCC)cc3)c2)cc1. The van der Waals surface area contributed by atoms with Crippen molar-refractivity contribution < 1.29 is 18.5 Å². The van der Waals surface area contributed by atoms with Gasteiger partial charge in [0.1, 0.15) is 18.2 Å². The topological polar surface area (TPSA) is 98.6 Å². The van der Waals surface area contributed by atoms with Crippen LogP contribution in [-0.2, 0) is 32.6 Å². The van der Waals surface area contributed by atoms with Crippen molar-refractivity contribution in [2.45, 2.75) is 70.1 Å². The van der Waals surface area contributed by atoms with Gasteiger partial charge in [-0.3, -0.25) is 9.00 Å². The summed E-state index contributed by atoms with van der Waals surface area (Å²) in [6, 6.07) is 17.3. The van der Waals surface area contributed by atoms with Crippen LogP contribution < -0.4 is 15.0 Å². The van der Waals surface area contributed by atoms with Crippen molar-refractivity contribution in [2.75, 3.05) is 43.1 Å². The smallest absolute Gasteiger partial charge is 0.251 e. The van der Waals surface area contributed by atoms with Gasteiger partial charge in [0.25, 0.3) is 5.91 Å². The fourth-order valence-electron chi connectivity index (χ4n) is 5.59. The first-order valence-corrected chi connectivity index (χ1v) is 18.3. The number of carbonyl (C=O) groups excluding carboxylic acids is 1. The Labute approximate surface area is 286 Å². The molecular weight excluding hydrogens is 623 g/mol. The van der Waals surface area contributed by atoms with E-state index in [-0.39, 0.29) is 5.91 Å². The van der Waals surface area contributed by atoms with E-state index < -0.39 is 10.8 Å². The average molecular weight is 670 g/mol. The fraction of sp³-hybridized carbons (Fsp3) is 0.395. The van der Waals surface area contributed by atoms with Gasteiger partial charge in [0.05, 0.1) is 35.2 Å². The molecule has 48 heavy (non-hydrogen) atoms. The molecule has 1 amide bonds. The van der Waals surface area contributed by atoms with E-state index in [4.69, 9.17) is 14.5 Å². The first kappa shape index (κ1) is 35.0. The van der Waals surface area contributed by atoms with Gasteiger partial charge in [-0.1, -0.05) is 32.4 Å². The lowest BCUT2D eigenvalue weighted by Crippen LogP contribution is -2.20. The summed E-state index contributed by atoms with van der Waals surface area (Å²) in [7, 11) is -1.22. The Kier molecular flexibility index (Phi) is 13.0. The number of pyridine rings is 1. The zero-order chi connectivity index (χ0) is 33.7. The molecular formula is C38H47N5O4S. The summed E-state index contributed by atoms with van der Waals surface area (Å²) < 4.78 is 26.5. The monoisotopic (exact) mass is 669 g/mol. The molecule has 254 valence electrons. The second-order valence-corrected chi connectivity index (χ2v) is 13.5. The Morgan fingerprint density at radius 2 is 1.73 bits per heavy atom. The summed E-state index contributed by atoms with van der Waals surface area (Å²) in [6.45, 7) is 10.7. The van der Waals surface area contributed by atoms with Crippen molar-refractivity contribution in [3.8, 4) is 16.9 Å². The Hall–Kier alpha value is -4.28. The van der Waals surface area contributed by atoms with Gasteiger partial charge in [-0.15, -0.1) is 0 Å². The van der Waals surface area contributed by atoms with E-state index >= 15 is 0 Å². The third-order valence-corrected chi connectivity index (χ3v) is 9.63. The van der Waals surface area contributed by atoms with Gasteiger partial charge in [-0.05, 0) is 86.7 Å². The predicted octanol–water partition coefficient (Wildman–Crippen LogP) is 7.50. The highest BCUT2D eigenvalue weighted by Crippen LogP contribution is 2.30. The summed E-state index contributed by atoms with van der Waals surface area (Å²) in [6.07, 6.45) is 12.8. The number of carbonyl (C=O) groups is 1. The summed E-state index contributed by atoms with van der Waals surface area (Å²) in [4.78, 5) is 25.4. The number of hydrogen-bond donors (Lipinski definition) is 1. The van der Waals surface area contributed by atoms with Crippen LogP contribution in [0.25, 0.3) is 17.2 Å². The van der Waals surface area contributed by atoms with Crippen LogP contribution >= 0.6 is 0 Å². The van der Waals surface area contributed by atoms with Crippen molar-refractivity contribution in [3.63, 3.8) is 0 Å². The minimum Gasteiger partial charge on any atom is -0.491 e. The lowest BCUT2D eigenvalue weighted by molar-refractivity contribution is -0.112. The normalized spacial score (nSPS) is 13.9. The third-order valence-electron chi connectivity index (χ3n) is 8.27. The molecule has 9 nitrogen and oxygen atoms in total. The second kappa shape index (κ2) is 17.8. The molecule has 1 atom stereocenters. The van der Waals surface area contributed by atoms with Gasteiger partial charge in [0, 0.05) is 65.9 Å². The van der Waals surface area contributed by atoms with Gasteiger partial charge in [0.15, 0.2) is 0 Å². The molecule has 4 aromatic rings. The molecule has 1 fully saturated rings. The zero-order valence-corrected chi connectivity index (χ0v) is 29.1. The fourth-order valence-corrected chi connectivity index (χ4v) is 6.70. The molecule has 1 saturated heterocycles. The van der Waals surface area contributed by atoms with Crippen molar-refractivity contribution in [3.05, 3.63) is 90.1 Å². The highest BCUT2D eigenvalue weighted by atomic mass is 32.2. The molecule has 2 aromatic heterocycles. The maximum absolute atomic E-state index is 13.3. The predicted molar refractivity (Wildman–Crippen MR) is 194 cm³/mol. The molecule has 0 radical (unpaired) electrons. The van der Waals surface area contributed by atoms with Gasteiger partial charge >= 0.3 is 0 Å². The van der Waals surface area contributed by atoms with E-state index in [2.05, 4.69) is 35.1 Å². The molecule has 1 aliphatic heterocycles. The second-order valence-electron chi connectivity index (χ2n) is 12.0. The van der Waals surface area contributed by atoms with Crippen LogP contribution in [0.15, 0.2) is 83.8 Å². The van der Waals surface area contributed by atoms with Crippen LogP contribution in [0.5, 0.6) is 5.75 Å². The zero-order valence-electron chi connectivity index (χ0n) is 28.3. The number of rotatable bonds is 17. The highest BCUT2D eigenvalue weighted by Gasteiger charge is 2.18. The number of aryl methyl sites for hydroxylation is 1. The maximum atomic E-state index is 13.3. The number of ether oxygens (including phenoxy) is 2. The number of imidazole rings is 1. The molecule has 1 N–H and O–H groups in total. The largest absolute Gasteiger partial charge is 0.491 e. The first-order chi connectivity index (χ1) is 23.4.